The molecule has 6 nitrogen and oxygen atoms in total. The van der Waals surface area contributed by atoms with E-state index in [1.54, 1.807) is 11.0 Å². The third kappa shape index (κ3) is 3.44. The number of aliphatic hydroxyl groups is 1. The molecule has 1 saturated heterocycles. The van der Waals surface area contributed by atoms with E-state index in [1.807, 2.05) is 12.1 Å². The van der Waals surface area contributed by atoms with E-state index in [0.717, 1.165) is 17.5 Å². The fourth-order valence-corrected chi connectivity index (χ4v) is 3.72. The lowest BCUT2D eigenvalue weighted by atomic mass is 9.81. The monoisotopic (exact) mass is 344 g/mol. The molecule has 1 fully saturated rings. The Bertz CT molecular complexity index is 726. The summed E-state index contributed by atoms with van der Waals surface area (Å²) in [5.41, 5.74) is 2.61. The molecule has 1 unspecified atom stereocenters. The summed E-state index contributed by atoms with van der Waals surface area (Å²) >= 11 is 0. The first-order valence-corrected chi connectivity index (χ1v) is 8.69. The van der Waals surface area contributed by atoms with Crippen LogP contribution in [-0.2, 0) is 22.6 Å². The largest absolute Gasteiger partial charge is 0.396 e. The van der Waals surface area contributed by atoms with Crippen LogP contribution < -0.4 is 5.32 Å². The molecule has 2 aliphatic heterocycles. The van der Waals surface area contributed by atoms with E-state index in [0.29, 0.717) is 24.9 Å². The van der Waals surface area contributed by atoms with Crippen LogP contribution in [0.4, 0.5) is 0 Å². The number of imide groups is 1. The molecule has 0 aliphatic carbocycles. The van der Waals surface area contributed by atoms with Crippen molar-refractivity contribution in [1.82, 2.24) is 10.2 Å². The second kappa shape index (κ2) is 6.59. The molecule has 2 N–H and O–H groups in total. The number of aliphatic hydroxyl groups excluding tert-OH is 1. The van der Waals surface area contributed by atoms with Crippen molar-refractivity contribution in [2.24, 2.45) is 5.41 Å². The van der Waals surface area contributed by atoms with Gasteiger partial charge in [-0.3, -0.25) is 19.7 Å². The number of nitrogens with zero attached hydrogens (tertiary/aromatic N) is 1. The van der Waals surface area contributed by atoms with Gasteiger partial charge in [0.1, 0.15) is 6.04 Å². The highest BCUT2D eigenvalue weighted by molar-refractivity contribution is 6.05. The smallest absolute Gasteiger partial charge is 0.255 e. The highest BCUT2D eigenvalue weighted by Gasteiger charge is 2.40. The molecule has 134 valence electrons. The predicted molar refractivity (Wildman–Crippen MR) is 91.7 cm³/mol. The molecule has 3 rings (SSSR count). The van der Waals surface area contributed by atoms with Crippen LogP contribution in [-0.4, -0.2) is 40.4 Å². The topological polar surface area (TPSA) is 86.7 Å². The summed E-state index contributed by atoms with van der Waals surface area (Å²) in [6.45, 7) is 4.71. The molecular formula is C19H24N2O4. The number of carbonyl (C=O) groups is 3. The third-order valence-corrected chi connectivity index (χ3v) is 5.14. The van der Waals surface area contributed by atoms with Gasteiger partial charge >= 0.3 is 0 Å². The maximum absolute atomic E-state index is 12.8. The van der Waals surface area contributed by atoms with Crippen molar-refractivity contribution in [3.8, 4) is 0 Å². The molecule has 25 heavy (non-hydrogen) atoms. The van der Waals surface area contributed by atoms with Crippen molar-refractivity contribution >= 4 is 17.7 Å². The van der Waals surface area contributed by atoms with E-state index in [9.17, 15) is 19.5 Å². The van der Waals surface area contributed by atoms with Gasteiger partial charge in [0.25, 0.3) is 5.91 Å². The zero-order chi connectivity index (χ0) is 18.2. The van der Waals surface area contributed by atoms with Gasteiger partial charge in [-0.1, -0.05) is 26.0 Å². The predicted octanol–water partition coefficient (Wildman–Crippen LogP) is 1.40. The van der Waals surface area contributed by atoms with Crippen molar-refractivity contribution in [2.75, 3.05) is 6.61 Å². The number of nitrogens with one attached hydrogen (secondary N) is 1. The minimum atomic E-state index is -0.587. The Kier molecular flexibility index (Phi) is 4.64. The van der Waals surface area contributed by atoms with Gasteiger partial charge in [0.05, 0.1) is 0 Å². The molecule has 2 aliphatic rings. The van der Waals surface area contributed by atoms with Crippen LogP contribution in [0.1, 0.15) is 54.6 Å². The molecule has 0 bridgehead atoms. The van der Waals surface area contributed by atoms with Crippen LogP contribution in [0.2, 0.25) is 0 Å². The van der Waals surface area contributed by atoms with Gasteiger partial charge in [-0.05, 0) is 41.9 Å². The van der Waals surface area contributed by atoms with Crippen LogP contribution in [0.25, 0.3) is 0 Å². The molecule has 2 heterocycles. The Labute approximate surface area is 147 Å². The molecule has 0 aromatic heterocycles. The lowest BCUT2D eigenvalue weighted by Crippen LogP contribution is -2.52. The van der Waals surface area contributed by atoms with E-state index >= 15 is 0 Å². The van der Waals surface area contributed by atoms with E-state index < -0.39 is 6.04 Å². The summed E-state index contributed by atoms with van der Waals surface area (Å²) in [5.74, 6) is -0.817. The Balaban J connectivity index is 1.85. The highest BCUT2D eigenvalue weighted by atomic mass is 16.3. The van der Waals surface area contributed by atoms with Crippen molar-refractivity contribution in [1.29, 1.82) is 0 Å². The normalized spacial score (nSPS) is 20.7. The SMILES string of the molecule is CC(C)(CCO)Cc1cccc2c1CN(C1CCC(=O)NC1=O)C2=O. The summed E-state index contributed by atoms with van der Waals surface area (Å²) in [7, 11) is 0. The van der Waals surface area contributed by atoms with E-state index in [1.165, 1.54) is 0 Å². The lowest BCUT2D eigenvalue weighted by Gasteiger charge is -2.29. The van der Waals surface area contributed by atoms with E-state index in [2.05, 4.69) is 19.2 Å². The second-order valence-corrected chi connectivity index (χ2v) is 7.66. The molecule has 0 radical (unpaired) electrons. The summed E-state index contributed by atoms with van der Waals surface area (Å²) in [6, 6.07) is 5.09. The number of carbonyl (C=O) groups excluding carboxylic acids is 3. The Hall–Kier alpha value is -2.21. The number of hydrogen-bond acceptors (Lipinski definition) is 4. The number of amides is 3. The Morgan fingerprint density at radius 1 is 1.28 bits per heavy atom. The molecule has 0 spiro atoms. The first kappa shape index (κ1) is 17.6. The van der Waals surface area contributed by atoms with Gasteiger partial charge in [-0.2, -0.15) is 0 Å². The van der Waals surface area contributed by atoms with Gasteiger partial charge < -0.3 is 10.0 Å². The van der Waals surface area contributed by atoms with Crippen LogP contribution in [0.15, 0.2) is 18.2 Å². The Morgan fingerprint density at radius 3 is 2.72 bits per heavy atom. The first-order chi connectivity index (χ1) is 11.8. The van der Waals surface area contributed by atoms with Crippen molar-refractivity contribution < 1.29 is 19.5 Å². The molecule has 6 heteroatoms. The van der Waals surface area contributed by atoms with E-state index in [-0.39, 0.29) is 36.2 Å². The van der Waals surface area contributed by atoms with Gasteiger partial charge in [0, 0.05) is 25.1 Å². The number of benzene rings is 1. The second-order valence-electron chi connectivity index (χ2n) is 7.66. The molecule has 3 amide bonds. The molecule has 1 aromatic carbocycles. The number of fused-ring (bicyclic) bond motifs is 1. The van der Waals surface area contributed by atoms with Crippen molar-refractivity contribution in [2.45, 2.75) is 52.1 Å². The summed E-state index contributed by atoms with van der Waals surface area (Å²) < 4.78 is 0. The lowest BCUT2D eigenvalue weighted by molar-refractivity contribution is -0.136. The molecule has 1 aromatic rings. The van der Waals surface area contributed by atoms with Crippen LogP contribution in [0.5, 0.6) is 0 Å². The van der Waals surface area contributed by atoms with Crippen LogP contribution >= 0.6 is 0 Å². The minimum absolute atomic E-state index is 0.0744. The molecule has 1 atom stereocenters. The minimum Gasteiger partial charge on any atom is -0.396 e. The summed E-state index contributed by atoms with van der Waals surface area (Å²) in [4.78, 5) is 37.8. The van der Waals surface area contributed by atoms with Gasteiger partial charge in [0.15, 0.2) is 0 Å². The molecular weight excluding hydrogens is 320 g/mol. The quantitative estimate of drug-likeness (QED) is 0.791. The maximum atomic E-state index is 12.8. The Morgan fingerprint density at radius 2 is 2.04 bits per heavy atom. The number of rotatable bonds is 5. The zero-order valence-corrected chi connectivity index (χ0v) is 14.7. The summed E-state index contributed by atoms with van der Waals surface area (Å²) in [6.07, 6.45) is 2.07. The average molecular weight is 344 g/mol. The van der Waals surface area contributed by atoms with Crippen molar-refractivity contribution in [3.63, 3.8) is 0 Å². The molecule has 0 saturated carbocycles. The number of piperidine rings is 1. The maximum Gasteiger partial charge on any atom is 0.255 e. The van der Waals surface area contributed by atoms with Gasteiger partial charge in [0.2, 0.25) is 11.8 Å². The fraction of sp³-hybridized carbons (Fsp3) is 0.526. The van der Waals surface area contributed by atoms with Gasteiger partial charge in [-0.25, -0.2) is 0 Å². The average Bonchev–Trinajstić information content (AvgIpc) is 2.85. The standard InChI is InChI=1S/C19H24N2O4/c1-19(2,8-9-22)10-12-4-3-5-13-14(12)11-21(18(13)25)15-6-7-16(23)20-17(15)24/h3-5,15,22H,6-11H2,1-2H3,(H,20,23,24). The zero-order valence-electron chi connectivity index (χ0n) is 14.7. The fourth-order valence-electron chi connectivity index (χ4n) is 3.72. The van der Waals surface area contributed by atoms with Gasteiger partial charge in [-0.15, -0.1) is 0 Å². The first-order valence-electron chi connectivity index (χ1n) is 8.69. The summed E-state index contributed by atoms with van der Waals surface area (Å²) in [5, 5.41) is 11.6. The highest BCUT2D eigenvalue weighted by Crippen LogP contribution is 2.34. The third-order valence-electron chi connectivity index (χ3n) is 5.14. The number of hydrogen-bond donors (Lipinski definition) is 2. The van der Waals surface area contributed by atoms with E-state index in [4.69, 9.17) is 0 Å². The van der Waals surface area contributed by atoms with Crippen LogP contribution in [0.3, 0.4) is 0 Å². The van der Waals surface area contributed by atoms with Crippen molar-refractivity contribution in [3.05, 3.63) is 34.9 Å². The van der Waals surface area contributed by atoms with Crippen LogP contribution in [0, 0.1) is 5.41 Å².